The zero-order valence-corrected chi connectivity index (χ0v) is 15.9. The quantitative estimate of drug-likeness (QED) is 0.839. The van der Waals surface area contributed by atoms with Gasteiger partial charge in [-0.3, -0.25) is 4.90 Å². The molecule has 0 aromatic heterocycles. The van der Waals surface area contributed by atoms with Crippen molar-refractivity contribution in [3.8, 4) is 5.75 Å². The van der Waals surface area contributed by atoms with Crippen molar-refractivity contribution in [1.82, 2.24) is 4.90 Å². The zero-order chi connectivity index (χ0) is 20.5. The number of hydrogen-bond acceptors (Lipinski definition) is 3. The van der Waals surface area contributed by atoms with Crippen molar-refractivity contribution < 1.29 is 22.7 Å². The Morgan fingerprint density at radius 2 is 2.00 bits per heavy atom. The number of halogens is 3. The van der Waals surface area contributed by atoms with Gasteiger partial charge in [0.15, 0.2) is 0 Å². The number of amides is 2. The third kappa shape index (κ3) is 4.22. The molecule has 1 heterocycles. The molecule has 0 saturated heterocycles. The number of alkyl halides is 3. The highest BCUT2D eigenvalue weighted by molar-refractivity contribution is 6.03. The van der Waals surface area contributed by atoms with Crippen molar-refractivity contribution in [1.29, 1.82) is 0 Å². The van der Waals surface area contributed by atoms with Gasteiger partial charge < -0.3 is 15.0 Å². The van der Waals surface area contributed by atoms with E-state index in [4.69, 9.17) is 4.74 Å². The van der Waals surface area contributed by atoms with Crippen LogP contribution in [-0.4, -0.2) is 38.7 Å². The van der Waals surface area contributed by atoms with Gasteiger partial charge in [0.1, 0.15) is 5.75 Å². The molecule has 0 bridgehead atoms. The maximum atomic E-state index is 13.3. The average Bonchev–Trinajstić information content (AvgIpc) is 3.02. The number of anilines is 2. The number of hydrogen-bond donors (Lipinski definition) is 1. The van der Waals surface area contributed by atoms with E-state index in [0.717, 1.165) is 11.6 Å². The van der Waals surface area contributed by atoms with E-state index in [9.17, 15) is 18.0 Å². The van der Waals surface area contributed by atoms with Crippen LogP contribution >= 0.6 is 0 Å². The number of nitrogens with zero attached hydrogens (tertiary/aromatic N) is 2. The largest absolute Gasteiger partial charge is 0.496 e. The summed E-state index contributed by atoms with van der Waals surface area (Å²) in [6.45, 7) is 1.02. The number of carbonyl (C=O) groups excluding carboxylic acids is 1. The molecule has 0 aliphatic carbocycles. The van der Waals surface area contributed by atoms with Gasteiger partial charge in [0.2, 0.25) is 0 Å². The minimum absolute atomic E-state index is 0.232. The molecule has 1 N–H and O–H groups in total. The van der Waals surface area contributed by atoms with Crippen LogP contribution in [0.15, 0.2) is 36.4 Å². The lowest BCUT2D eigenvalue weighted by Crippen LogP contribution is -2.33. The van der Waals surface area contributed by atoms with Crippen LogP contribution in [0.2, 0.25) is 0 Å². The van der Waals surface area contributed by atoms with Gasteiger partial charge in [-0.05, 0) is 55.9 Å². The van der Waals surface area contributed by atoms with Crippen molar-refractivity contribution in [2.75, 3.05) is 38.0 Å². The van der Waals surface area contributed by atoms with Gasteiger partial charge in [-0.15, -0.1) is 0 Å². The van der Waals surface area contributed by atoms with Crippen LogP contribution in [0.25, 0.3) is 0 Å². The second-order valence-corrected chi connectivity index (χ2v) is 6.95. The summed E-state index contributed by atoms with van der Waals surface area (Å²) in [7, 11) is 5.09. The molecule has 150 valence electrons. The van der Waals surface area contributed by atoms with Crippen LogP contribution in [0.3, 0.4) is 0 Å². The molecule has 0 fully saturated rings. The average molecular weight is 393 g/mol. The summed E-state index contributed by atoms with van der Waals surface area (Å²) < 4.78 is 44.9. The number of methoxy groups -OCH3 is 1. The number of benzene rings is 2. The molecule has 5 nitrogen and oxygen atoms in total. The number of rotatable bonds is 4. The summed E-state index contributed by atoms with van der Waals surface area (Å²) in [6.07, 6.45) is -4.09. The van der Waals surface area contributed by atoms with Gasteiger partial charge in [0.05, 0.1) is 12.7 Å². The lowest BCUT2D eigenvalue weighted by molar-refractivity contribution is -0.138. The van der Waals surface area contributed by atoms with Crippen LogP contribution in [-0.2, 0) is 19.1 Å². The first-order valence-corrected chi connectivity index (χ1v) is 8.79. The standard InChI is InChI=1S/C20H22F3N3O2/c1-25(2)12-13-5-4-6-15(9-13)24-19(27)26-8-7-14-10-18(28-3)16(11-17(14)26)20(21,22)23/h4-6,9-11H,7-8,12H2,1-3H3,(H,24,27). The van der Waals surface area contributed by atoms with Gasteiger partial charge in [-0.2, -0.15) is 13.2 Å². The Kier molecular flexibility index (Phi) is 5.51. The normalized spacial score (nSPS) is 13.6. The highest BCUT2D eigenvalue weighted by Gasteiger charge is 2.37. The van der Waals surface area contributed by atoms with Crippen molar-refractivity contribution in [3.05, 3.63) is 53.1 Å². The second-order valence-electron chi connectivity index (χ2n) is 6.95. The SMILES string of the molecule is COc1cc2c(cc1C(F)(F)F)N(C(=O)Nc1cccc(CN(C)C)c1)CC2. The van der Waals surface area contributed by atoms with Gasteiger partial charge in [-0.25, -0.2) is 4.79 Å². The first kappa shape index (κ1) is 20.0. The van der Waals surface area contributed by atoms with Crippen molar-refractivity contribution in [2.45, 2.75) is 19.1 Å². The second kappa shape index (κ2) is 7.71. The smallest absolute Gasteiger partial charge is 0.420 e. The molecule has 3 rings (SSSR count). The van der Waals surface area contributed by atoms with Crippen LogP contribution in [0.5, 0.6) is 5.75 Å². The summed E-state index contributed by atoms with van der Waals surface area (Å²) >= 11 is 0. The Bertz CT molecular complexity index is 881. The Morgan fingerprint density at radius 1 is 1.25 bits per heavy atom. The third-order valence-corrected chi connectivity index (χ3v) is 4.52. The molecule has 2 aromatic carbocycles. The maximum absolute atomic E-state index is 13.3. The van der Waals surface area contributed by atoms with E-state index in [1.165, 1.54) is 18.1 Å². The molecule has 2 aromatic rings. The van der Waals surface area contributed by atoms with E-state index in [-0.39, 0.29) is 11.4 Å². The fraction of sp³-hybridized carbons (Fsp3) is 0.350. The molecule has 28 heavy (non-hydrogen) atoms. The molecular weight excluding hydrogens is 371 g/mol. The summed E-state index contributed by atoms with van der Waals surface area (Å²) in [4.78, 5) is 16.1. The Hall–Kier alpha value is -2.74. The lowest BCUT2D eigenvalue weighted by atomic mass is 10.1. The first-order valence-electron chi connectivity index (χ1n) is 8.79. The van der Waals surface area contributed by atoms with E-state index in [1.807, 2.05) is 37.2 Å². The highest BCUT2D eigenvalue weighted by Crippen LogP contribution is 2.42. The van der Waals surface area contributed by atoms with Crippen LogP contribution in [0.4, 0.5) is 29.3 Å². The van der Waals surface area contributed by atoms with E-state index >= 15 is 0 Å². The van der Waals surface area contributed by atoms with Crippen molar-refractivity contribution in [3.63, 3.8) is 0 Å². The van der Waals surface area contributed by atoms with Gasteiger partial charge in [0.25, 0.3) is 0 Å². The van der Waals surface area contributed by atoms with Crippen molar-refractivity contribution in [2.24, 2.45) is 0 Å². The monoisotopic (exact) mass is 393 g/mol. The maximum Gasteiger partial charge on any atom is 0.420 e. The molecule has 0 unspecified atom stereocenters. The van der Waals surface area contributed by atoms with Crippen LogP contribution in [0, 0.1) is 0 Å². The topological polar surface area (TPSA) is 44.8 Å². The van der Waals surface area contributed by atoms with E-state index in [2.05, 4.69) is 5.32 Å². The molecule has 8 heteroatoms. The van der Waals surface area contributed by atoms with Gasteiger partial charge in [0, 0.05) is 24.5 Å². The van der Waals surface area contributed by atoms with Crippen LogP contribution < -0.4 is 15.0 Å². The van der Waals surface area contributed by atoms with Gasteiger partial charge in [-0.1, -0.05) is 12.1 Å². The summed E-state index contributed by atoms with van der Waals surface area (Å²) in [5.74, 6) is -0.232. The predicted octanol–water partition coefficient (Wildman–Crippen LogP) is 4.37. The lowest BCUT2D eigenvalue weighted by Gasteiger charge is -2.21. The Balaban J connectivity index is 1.84. The summed E-state index contributed by atoms with van der Waals surface area (Å²) in [5, 5.41) is 2.78. The minimum atomic E-state index is -4.56. The minimum Gasteiger partial charge on any atom is -0.496 e. The fourth-order valence-corrected chi connectivity index (χ4v) is 3.32. The number of fused-ring (bicyclic) bond motifs is 1. The fourth-order valence-electron chi connectivity index (χ4n) is 3.32. The Morgan fingerprint density at radius 3 is 2.64 bits per heavy atom. The van der Waals surface area contributed by atoms with Gasteiger partial charge >= 0.3 is 12.2 Å². The summed E-state index contributed by atoms with van der Waals surface area (Å²) in [5.41, 5.74) is 1.65. The number of ether oxygens (including phenoxy) is 1. The number of carbonyl (C=O) groups is 1. The molecule has 2 amide bonds. The molecule has 0 spiro atoms. The molecule has 0 saturated carbocycles. The predicted molar refractivity (Wildman–Crippen MR) is 102 cm³/mol. The molecule has 1 aliphatic rings. The number of nitrogens with one attached hydrogen (secondary N) is 1. The van der Waals surface area contributed by atoms with Crippen LogP contribution in [0.1, 0.15) is 16.7 Å². The zero-order valence-electron chi connectivity index (χ0n) is 15.9. The van der Waals surface area contributed by atoms with E-state index in [0.29, 0.717) is 30.8 Å². The molecular formula is C20H22F3N3O2. The molecule has 0 atom stereocenters. The first-order chi connectivity index (χ1) is 13.2. The summed E-state index contributed by atoms with van der Waals surface area (Å²) in [6, 6.07) is 9.28. The Labute approximate surface area is 161 Å². The number of urea groups is 1. The molecule has 0 radical (unpaired) electrons. The third-order valence-electron chi connectivity index (χ3n) is 4.52. The highest BCUT2D eigenvalue weighted by atomic mass is 19.4. The van der Waals surface area contributed by atoms with E-state index < -0.39 is 17.8 Å². The molecule has 1 aliphatic heterocycles. The van der Waals surface area contributed by atoms with Crippen molar-refractivity contribution >= 4 is 17.4 Å². The van der Waals surface area contributed by atoms with E-state index in [1.54, 1.807) is 6.07 Å².